The molecular formula is C13H12BrNO3. The highest BCUT2D eigenvalue weighted by Crippen LogP contribution is 2.26. The lowest BCUT2D eigenvalue weighted by atomic mass is 10.2. The van der Waals surface area contributed by atoms with Crippen molar-refractivity contribution < 1.29 is 14.2 Å². The van der Waals surface area contributed by atoms with E-state index in [2.05, 4.69) is 20.9 Å². The second-order valence-electron chi connectivity index (χ2n) is 3.94. The number of fused-ring (bicyclic) bond motifs is 1. The highest BCUT2D eigenvalue weighted by molar-refractivity contribution is 9.10. The van der Waals surface area contributed by atoms with E-state index in [4.69, 9.17) is 14.2 Å². The minimum atomic E-state index is -0.281. The second-order valence-corrected chi connectivity index (χ2v) is 4.80. The number of benzene rings is 1. The summed E-state index contributed by atoms with van der Waals surface area (Å²) < 4.78 is 17.2. The molecule has 0 aliphatic carbocycles. The van der Waals surface area contributed by atoms with Gasteiger partial charge < -0.3 is 14.2 Å². The van der Waals surface area contributed by atoms with Crippen LogP contribution in [0.1, 0.15) is 0 Å². The predicted molar refractivity (Wildman–Crippen MR) is 70.6 cm³/mol. The van der Waals surface area contributed by atoms with Crippen molar-refractivity contribution in [2.75, 3.05) is 19.8 Å². The smallest absolute Gasteiger partial charge is 0.215 e. The van der Waals surface area contributed by atoms with Gasteiger partial charge in [0.15, 0.2) is 6.29 Å². The maximum absolute atomic E-state index is 5.59. The van der Waals surface area contributed by atoms with E-state index in [1.54, 1.807) is 0 Å². The Morgan fingerprint density at radius 1 is 1.28 bits per heavy atom. The van der Waals surface area contributed by atoms with E-state index < -0.39 is 0 Å². The molecule has 3 rings (SSSR count). The first-order chi connectivity index (χ1) is 8.83. The summed E-state index contributed by atoms with van der Waals surface area (Å²) in [5.74, 6) is 0.569. The lowest BCUT2D eigenvalue weighted by molar-refractivity contribution is -0.0691. The molecule has 0 unspecified atom stereocenters. The van der Waals surface area contributed by atoms with Gasteiger partial charge in [-0.25, -0.2) is 4.98 Å². The first kappa shape index (κ1) is 11.9. The summed E-state index contributed by atoms with van der Waals surface area (Å²) >= 11 is 3.52. The molecule has 0 atom stereocenters. The summed E-state index contributed by atoms with van der Waals surface area (Å²) in [7, 11) is 0. The molecule has 0 radical (unpaired) electrons. The zero-order valence-electron chi connectivity index (χ0n) is 9.64. The summed E-state index contributed by atoms with van der Waals surface area (Å²) in [6, 6.07) is 9.76. The van der Waals surface area contributed by atoms with E-state index in [-0.39, 0.29) is 6.29 Å². The van der Waals surface area contributed by atoms with Gasteiger partial charge in [0.2, 0.25) is 5.88 Å². The highest BCUT2D eigenvalue weighted by Gasteiger charge is 2.17. The van der Waals surface area contributed by atoms with Crippen LogP contribution in [0.15, 0.2) is 34.8 Å². The quantitative estimate of drug-likeness (QED) is 0.874. The highest BCUT2D eigenvalue weighted by atomic mass is 79.9. The standard InChI is InChI=1S/C13H12BrNO3/c14-10-7-12(18-8-13-16-5-6-17-13)15-11-4-2-1-3-9(10)11/h1-4,7,13H,5-6,8H2. The molecule has 2 heterocycles. The van der Waals surface area contributed by atoms with Crippen LogP contribution in [0.4, 0.5) is 0 Å². The molecule has 0 N–H and O–H groups in total. The van der Waals surface area contributed by atoms with E-state index >= 15 is 0 Å². The van der Waals surface area contributed by atoms with Gasteiger partial charge in [-0.1, -0.05) is 18.2 Å². The Labute approximate surface area is 113 Å². The van der Waals surface area contributed by atoms with E-state index in [1.807, 2.05) is 30.3 Å². The van der Waals surface area contributed by atoms with Gasteiger partial charge in [0, 0.05) is 15.9 Å². The van der Waals surface area contributed by atoms with E-state index in [9.17, 15) is 0 Å². The summed E-state index contributed by atoms with van der Waals surface area (Å²) in [5.41, 5.74) is 0.898. The molecule has 0 spiro atoms. The molecule has 4 nitrogen and oxygen atoms in total. The monoisotopic (exact) mass is 309 g/mol. The fourth-order valence-corrected chi connectivity index (χ4v) is 2.37. The Kier molecular flexibility index (Phi) is 3.45. The third-order valence-electron chi connectivity index (χ3n) is 2.70. The van der Waals surface area contributed by atoms with Gasteiger partial charge in [-0.15, -0.1) is 0 Å². The van der Waals surface area contributed by atoms with Crippen LogP contribution < -0.4 is 4.74 Å². The minimum Gasteiger partial charge on any atom is -0.472 e. The largest absolute Gasteiger partial charge is 0.472 e. The molecule has 1 aromatic carbocycles. The Hall–Kier alpha value is -1.17. The Morgan fingerprint density at radius 3 is 2.89 bits per heavy atom. The number of ether oxygens (including phenoxy) is 3. The fourth-order valence-electron chi connectivity index (χ4n) is 1.84. The van der Waals surface area contributed by atoms with Crippen LogP contribution in [0.5, 0.6) is 5.88 Å². The first-order valence-corrected chi connectivity index (χ1v) is 6.53. The number of rotatable bonds is 3. The molecule has 0 amide bonds. The summed E-state index contributed by atoms with van der Waals surface area (Å²) in [6.07, 6.45) is -0.281. The molecule has 2 aromatic rings. The van der Waals surface area contributed by atoms with Crippen LogP contribution in [0, 0.1) is 0 Å². The van der Waals surface area contributed by atoms with Crippen molar-refractivity contribution >= 4 is 26.8 Å². The number of hydrogen-bond donors (Lipinski definition) is 0. The van der Waals surface area contributed by atoms with Gasteiger partial charge in [0.1, 0.15) is 6.61 Å². The Morgan fingerprint density at radius 2 is 2.06 bits per heavy atom. The normalized spacial score (nSPS) is 16.3. The number of hydrogen-bond acceptors (Lipinski definition) is 4. The van der Waals surface area contributed by atoms with Gasteiger partial charge in [0.05, 0.1) is 18.7 Å². The van der Waals surface area contributed by atoms with Crippen LogP contribution in [0.25, 0.3) is 10.9 Å². The molecule has 5 heteroatoms. The van der Waals surface area contributed by atoms with E-state index in [0.29, 0.717) is 25.7 Å². The zero-order valence-corrected chi connectivity index (χ0v) is 11.2. The molecule has 0 saturated carbocycles. The molecule has 1 aliphatic rings. The molecular weight excluding hydrogens is 298 g/mol. The van der Waals surface area contributed by atoms with Crippen molar-refractivity contribution in [2.45, 2.75) is 6.29 Å². The van der Waals surface area contributed by atoms with Gasteiger partial charge in [0.25, 0.3) is 0 Å². The van der Waals surface area contributed by atoms with Crippen LogP contribution in [0.2, 0.25) is 0 Å². The molecule has 1 aromatic heterocycles. The average Bonchev–Trinajstić information content (AvgIpc) is 2.90. The summed E-state index contributed by atoms with van der Waals surface area (Å²) in [6.45, 7) is 1.61. The maximum atomic E-state index is 5.59. The van der Waals surface area contributed by atoms with Gasteiger partial charge in [-0.05, 0) is 22.0 Å². The Bertz CT molecular complexity index is 555. The fraction of sp³-hybridized carbons (Fsp3) is 0.308. The molecule has 0 bridgehead atoms. The van der Waals surface area contributed by atoms with Gasteiger partial charge in [-0.3, -0.25) is 0 Å². The summed E-state index contributed by atoms with van der Waals surface area (Å²) in [5, 5.41) is 1.07. The topological polar surface area (TPSA) is 40.6 Å². The maximum Gasteiger partial charge on any atom is 0.215 e. The van der Waals surface area contributed by atoms with Crippen molar-refractivity contribution in [3.63, 3.8) is 0 Å². The SMILES string of the molecule is Brc1cc(OCC2OCCO2)nc2ccccc12. The van der Waals surface area contributed by atoms with Gasteiger partial charge in [-0.2, -0.15) is 0 Å². The lowest BCUT2D eigenvalue weighted by Crippen LogP contribution is -2.18. The number of aromatic nitrogens is 1. The van der Waals surface area contributed by atoms with Crippen LogP contribution >= 0.6 is 15.9 Å². The zero-order chi connectivity index (χ0) is 12.4. The number of nitrogens with zero attached hydrogens (tertiary/aromatic N) is 1. The third kappa shape index (κ3) is 2.48. The third-order valence-corrected chi connectivity index (χ3v) is 3.36. The van der Waals surface area contributed by atoms with Crippen molar-refractivity contribution in [1.29, 1.82) is 0 Å². The average molecular weight is 310 g/mol. The van der Waals surface area contributed by atoms with Crippen molar-refractivity contribution in [3.8, 4) is 5.88 Å². The van der Waals surface area contributed by atoms with Gasteiger partial charge >= 0.3 is 0 Å². The van der Waals surface area contributed by atoms with E-state index in [1.165, 1.54) is 0 Å². The second kappa shape index (κ2) is 5.22. The summed E-state index contributed by atoms with van der Waals surface area (Å²) in [4.78, 5) is 4.43. The minimum absolute atomic E-state index is 0.281. The van der Waals surface area contributed by atoms with Crippen molar-refractivity contribution in [2.24, 2.45) is 0 Å². The predicted octanol–water partition coefficient (Wildman–Crippen LogP) is 2.75. The number of halogens is 1. The molecule has 94 valence electrons. The first-order valence-electron chi connectivity index (χ1n) is 5.74. The number of pyridine rings is 1. The lowest BCUT2D eigenvalue weighted by Gasteiger charge is -2.11. The Balaban J connectivity index is 1.79. The van der Waals surface area contributed by atoms with Crippen LogP contribution in [-0.2, 0) is 9.47 Å². The van der Waals surface area contributed by atoms with Crippen molar-refractivity contribution in [1.82, 2.24) is 4.98 Å². The van der Waals surface area contributed by atoms with Crippen LogP contribution in [0.3, 0.4) is 0 Å². The number of para-hydroxylation sites is 1. The molecule has 18 heavy (non-hydrogen) atoms. The molecule has 1 aliphatic heterocycles. The molecule has 1 fully saturated rings. The van der Waals surface area contributed by atoms with E-state index in [0.717, 1.165) is 15.4 Å². The van der Waals surface area contributed by atoms with Crippen LogP contribution in [-0.4, -0.2) is 31.1 Å². The van der Waals surface area contributed by atoms with Crippen molar-refractivity contribution in [3.05, 3.63) is 34.8 Å². The molecule has 1 saturated heterocycles.